The summed E-state index contributed by atoms with van der Waals surface area (Å²) in [5.41, 5.74) is 5.26. The smallest absolute Gasteiger partial charge is 0.259 e. The molecule has 3 heterocycles. The van der Waals surface area contributed by atoms with Crippen LogP contribution in [-0.4, -0.2) is 42.0 Å². The van der Waals surface area contributed by atoms with E-state index in [1.165, 1.54) is 7.11 Å². The summed E-state index contributed by atoms with van der Waals surface area (Å²) in [6.45, 7) is 0.397. The lowest BCUT2D eigenvalue weighted by Gasteiger charge is -2.37. The van der Waals surface area contributed by atoms with Gasteiger partial charge in [-0.2, -0.15) is 0 Å². The lowest BCUT2D eigenvalue weighted by atomic mass is 9.89. The maximum atomic E-state index is 13.9. The van der Waals surface area contributed by atoms with Crippen LogP contribution in [0.1, 0.15) is 38.8 Å². The molecule has 6 rings (SSSR count). The third kappa shape index (κ3) is 3.19. The van der Waals surface area contributed by atoms with Gasteiger partial charge >= 0.3 is 0 Å². The fourth-order valence-corrected chi connectivity index (χ4v) is 5.49. The highest BCUT2D eigenvalue weighted by Gasteiger charge is 2.50. The van der Waals surface area contributed by atoms with Crippen LogP contribution in [0.2, 0.25) is 0 Å². The third-order valence-corrected chi connectivity index (χ3v) is 7.06. The van der Waals surface area contributed by atoms with E-state index in [-0.39, 0.29) is 11.8 Å². The Bertz CT molecular complexity index is 1460. The van der Waals surface area contributed by atoms with Crippen LogP contribution in [0, 0.1) is 0 Å². The van der Waals surface area contributed by atoms with E-state index in [9.17, 15) is 9.59 Å². The van der Waals surface area contributed by atoms with Crippen molar-refractivity contribution in [1.82, 2.24) is 15.2 Å². The van der Waals surface area contributed by atoms with Gasteiger partial charge in [0.2, 0.25) is 5.91 Å². The molecule has 2 aliphatic heterocycles. The third-order valence-electron chi connectivity index (χ3n) is 7.06. The molecular weight excluding hydrogens is 442 g/mol. The first-order chi connectivity index (χ1) is 17.1. The number of aromatic amines is 1. The Morgan fingerprint density at radius 2 is 1.80 bits per heavy atom. The zero-order valence-electron chi connectivity index (χ0n) is 19.5. The number of methoxy groups -OCH3 is 2. The van der Waals surface area contributed by atoms with Crippen LogP contribution in [0.3, 0.4) is 0 Å². The molecule has 0 spiro atoms. The zero-order chi connectivity index (χ0) is 24.1. The molecule has 0 aliphatic carbocycles. The molecule has 7 nitrogen and oxygen atoms in total. The molecule has 0 saturated heterocycles. The fourth-order valence-electron chi connectivity index (χ4n) is 5.49. The fraction of sp³-hybridized carbons (Fsp3) is 0.214. The summed E-state index contributed by atoms with van der Waals surface area (Å²) in [4.78, 5) is 32.7. The second-order valence-electron chi connectivity index (χ2n) is 8.87. The van der Waals surface area contributed by atoms with Crippen LogP contribution >= 0.6 is 0 Å². The number of aromatic nitrogens is 1. The number of hydrogen-bond acceptors (Lipinski definition) is 4. The minimum absolute atomic E-state index is 0.179. The number of carbonyl (C=O) groups excluding carboxylic acids is 2. The number of carbonyl (C=O) groups is 2. The van der Waals surface area contributed by atoms with Crippen LogP contribution in [0.5, 0.6) is 11.5 Å². The molecule has 0 bridgehead atoms. The predicted octanol–water partition coefficient (Wildman–Crippen LogP) is 3.97. The Morgan fingerprint density at radius 1 is 1.03 bits per heavy atom. The highest BCUT2D eigenvalue weighted by molar-refractivity contribution is 6.06. The van der Waals surface area contributed by atoms with Gasteiger partial charge in [0.25, 0.3) is 5.91 Å². The van der Waals surface area contributed by atoms with Crippen molar-refractivity contribution >= 4 is 22.7 Å². The highest BCUT2D eigenvalue weighted by atomic mass is 16.5. The van der Waals surface area contributed by atoms with Crippen molar-refractivity contribution in [3.05, 3.63) is 94.7 Å². The zero-order valence-corrected chi connectivity index (χ0v) is 19.5. The van der Waals surface area contributed by atoms with Crippen molar-refractivity contribution < 1.29 is 19.1 Å². The Kier molecular flexibility index (Phi) is 4.99. The molecule has 4 aromatic rings. The quantitative estimate of drug-likeness (QED) is 0.465. The van der Waals surface area contributed by atoms with Gasteiger partial charge in [0.05, 0.1) is 25.8 Å². The largest absolute Gasteiger partial charge is 0.493 e. The van der Waals surface area contributed by atoms with Crippen LogP contribution in [0.25, 0.3) is 10.9 Å². The van der Waals surface area contributed by atoms with E-state index in [4.69, 9.17) is 9.47 Å². The standard InChI is InChI=1S/C28H25N3O4/c1-34-22-13-12-18-23(26(22)35-2)28(33)31-21(27(32)29-15-16-8-4-3-5-9-16)14-19-17-10-6-7-11-20(17)30-24(19)25(18)31/h3-13,21,25,30H,14-15H2,1-2H3,(H,29,32)/t21-,25+/m0/s1. The van der Waals surface area contributed by atoms with Crippen molar-refractivity contribution in [2.75, 3.05) is 14.2 Å². The topological polar surface area (TPSA) is 83.7 Å². The van der Waals surface area contributed by atoms with Gasteiger partial charge in [-0.15, -0.1) is 0 Å². The molecule has 0 unspecified atom stereocenters. The first-order valence-electron chi connectivity index (χ1n) is 11.6. The minimum atomic E-state index is -0.661. The van der Waals surface area contributed by atoms with Gasteiger partial charge in [-0.05, 0) is 28.8 Å². The average Bonchev–Trinajstić information content (AvgIpc) is 3.42. The summed E-state index contributed by atoms with van der Waals surface area (Å²) < 4.78 is 11.1. The van der Waals surface area contributed by atoms with Crippen LogP contribution in [0.15, 0.2) is 66.7 Å². The Balaban J connectivity index is 1.47. The second kappa shape index (κ2) is 8.20. The molecule has 35 heavy (non-hydrogen) atoms. The Labute approximate surface area is 202 Å². The van der Waals surface area contributed by atoms with Crippen LogP contribution in [-0.2, 0) is 17.8 Å². The maximum Gasteiger partial charge on any atom is 0.259 e. The number of benzene rings is 3. The molecule has 7 heteroatoms. The predicted molar refractivity (Wildman–Crippen MR) is 132 cm³/mol. The van der Waals surface area contributed by atoms with Crippen molar-refractivity contribution in [3.8, 4) is 11.5 Å². The number of rotatable bonds is 5. The first kappa shape index (κ1) is 21.3. The monoisotopic (exact) mass is 467 g/mol. The summed E-state index contributed by atoms with van der Waals surface area (Å²) in [6.07, 6.45) is 0.426. The van der Waals surface area contributed by atoms with Gasteiger partial charge in [-0.3, -0.25) is 9.59 Å². The van der Waals surface area contributed by atoms with E-state index in [1.807, 2.05) is 60.7 Å². The van der Waals surface area contributed by atoms with Crippen molar-refractivity contribution in [2.45, 2.75) is 25.0 Å². The SMILES string of the molecule is COc1ccc2c(c1OC)C(=O)N1[C@H]2c2[nH]c3ccccc3c2C[C@H]1C(=O)NCc1ccccc1. The van der Waals surface area contributed by atoms with Crippen LogP contribution < -0.4 is 14.8 Å². The van der Waals surface area contributed by atoms with Gasteiger partial charge in [0.1, 0.15) is 6.04 Å². The van der Waals surface area contributed by atoms with Gasteiger partial charge < -0.3 is 24.7 Å². The number of nitrogens with zero attached hydrogens (tertiary/aromatic N) is 1. The Hall–Kier alpha value is -4.26. The van der Waals surface area contributed by atoms with E-state index in [0.717, 1.165) is 33.3 Å². The lowest BCUT2D eigenvalue weighted by Crippen LogP contribution is -2.52. The van der Waals surface area contributed by atoms with Crippen molar-refractivity contribution in [1.29, 1.82) is 0 Å². The Morgan fingerprint density at radius 3 is 2.57 bits per heavy atom. The number of ether oxygens (including phenoxy) is 2. The minimum Gasteiger partial charge on any atom is -0.493 e. The number of hydrogen-bond donors (Lipinski definition) is 2. The number of nitrogens with one attached hydrogen (secondary N) is 2. The normalized spacial score (nSPS) is 18.1. The molecule has 2 atom stereocenters. The second-order valence-corrected chi connectivity index (χ2v) is 8.87. The summed E-state index contributed by atoms with van der Waals surface area (Å²) in [7, 11) is 3.08. The van der Waals surface area contributed by atoms with Gasteiger partial charge in [0.15, 0.2) is 11.5 Å². The molecular formula is C28H25N3O4. The first-order valence-corrected chi connectivity index (χ1v) is 11.6. The van der Waals surface area contributed by atoms with E-state index >= 15 is 0 Å². The van der Waals surface area contributed by atoms with E-state index in [0.29, 0.717) is 30.0 Å². The van der Waals surface area contributed by atoms with E-state index < -0.39 is 12.1 Å². The summed E-state index contributed by atoms with van der Waals surface area (Å²) >= 11 is 0. The molecule has 2 amide bonds. The number of para-hydroxylation sites is 1. The summed E-state index contributed by atoms with van der Waals surface area (Å²) in [6, 6.07) is 20.5. The number of H-pyrrole nitrogens is 1. The summed E-state index contributed by atoms with van der Waals surface area (Å²) in [5.74, 6) is 0.471. The number of amides is 2. The molecule has 0 radical (unpaired) electrons. The summed E-state index contributed by atoms with van der Waals surface area (Å²) in [5, 5.41) is 4.13. The molecule has 1 aromatic heterocycles. The van der Waals surface area contributed by atoms with Gasteiger partial charge in [0, 0.05) is 29.6 Å². The van der Waals surface area contributed by atoms with Gasteiger partial charge in [-0.25, -0.2) is 0 Å². The van der Waals surface area contributed by atoms with E-state index in [2.05, 4.69) is 16.4 Å². The maximum absolute atomic E-state index is 13.9. The molecule has 0 fully saturated rings. The van der Waals surface area contributed by atoms with Crippen molar-refractivity contribution in [2.24, 2.45) is 0 Å². The molecule has 2 aliphatic rings. The van der Waals surface area contributed by atoms with E-state index in [1.54, 1.807) is 12.0 Å². The average molecular weight is 468 g/mol. The highest BCUT2D eigenvalue weighted by Crippen LogP contribution is 2.50. The van der Waals surface area contributed by atoms with Crippen molar-refractivity contribution in [3.63, 3.8) is 0 Å². The number of fused-ring (bicyclic) bond motifs is 7. The van der Waals surface area contributed by atoms with Gasteiger partial charge in [-0.1, -0.05) is 54.6 Å². The molecule has 2 N–H and O–H groups in total. The molecule has 0 saturated carbocycles. The lowest BCUT2D eigenvalue weighted by molar-refractivity contribution is -0.126. The molecule has 3 aromatic carbocycles. The molecule has 176 valence electrons. The van der Waals surface area contributed by atoms with Crippen LogP contribution in [0.4, 0.5) is 0 Å².